The summed E-state index contributed by atoms with van der Waals surface area (Å²) in [7, 11) is 0. The quantitative estimate of drug-likeness (QED) is 0.611. The highest BCUT2D eigenvalue weighted by molar-refractivity contribution is 6.30. The largest absolute Gasteiger partial charge is 0.508 e. The molecule has 2 aromatic rings. The number of nitrogens with one attached hydrogen (secondary N) is 1. The van der Waals surface area contributed by atoms with Crippen molar-refractivity contribution < 1.29 is 32.6 Å². The van der Waals surface area contributed by atoms with Crippen molar-refractivity contribution >= 4 is 23.2 Å². The number of rotatable bonds is 5. The molecule has 0 fully saturated rings. The number of phenolic OH excluding ortho intramolecular Hbond substituents is 1. The maximum absolute atomic E-state index is 13.7. The molecule has 1 atom stereocenters. The van der Waals surface area contributed by atoms with Crippen molar-refractivity contribution in [2.24, 2.45) is 0 Å². The molecule has 0 aliphatic heterocycles. The molecular weight excluding hydrogens is 402 g/mol. The van der Waals surface area contributed by atoms with E-state index < -0.39 is 41.1 Å². The Morgan fingerprint density at radius 2 is 1.79 bits per heavy atom. The van der Waals surface area contributed by atoms with Crippen LogP contribution < -0.4 is 5.32 Å². The molecule has 9 heteroatoms. The zero-order valence-electron chi connectivity index (χ0n) is 14.9. The number of alkyl halides is 3. The Kier molecular flexibility index (Phi) is 5.96. The van der Waals surface area contributed by atoms with Crippen LogP contribution >= 0.6 is 11.6 Å². The van der Waals surface area contributed by atoms with Gasteiger partial charge in [0, 0.05) is 22.7 Å². The van der Waals surface area contributed by atoms with E-state index in [1.165, 1.54) is 38.1 Å². The monoisotopic (exact) mass is 419 g/mol. The standard InChI is InChI=1S/C19H18ClF4NO3/c1-17(2,14-9-12(21)6-7-15(14)26)10-18(28,19(22,23)24)16(27)25-13-5-3-4-11(20)8-13/h3-9,26,28H,10H2,1-2H3,(H,25,27). The van der Waals surface area contributed by atoms with Gasteiger partial charge >= 0.3 is 6.18 Å². The first kappa shape index (κ1) is 22.0. The first-order valence-electron chi connectivity index (χ1n) is 8.11. The predicted molar refractivity (Wildman–Crippen MR) is 96.8 cm³/mol. The van der Waals surface area contributed by atoms with Gasteiger partial charge in [-0.15, -0.1) is 0 Å². The zero-order valence-corrected chi connectivity index (χ0v) is 15.7. The lowest BCUT2D eigenvalue weighted by Gasteiger charge is -2.36. The highest BCUT2D eigenvalue weighted by Crippen LogP contribution is 2.44. The lowest BCUT2D eigenvalue weighted by atomic mass is 9.74. The number of phenols is 1. The Hall–Kier alpha value is -2.32. The molecular formula is C19H18ClF4NO3. The zero-order chi connectivity index (χ0) is 21.3. The molecule has 0 aliphatic rings. The molecule has 0 saturated carbocycles. The molecule has 0 aliphatic carbocycles. The number of hydrogen-bond acceptors (Lipinski definition) is 3. The summed E-state index contributed by atoms with van der Waals surface area (Å²) in [5.74, 6) is -2.95. The van der Waals surface area contributed by atoms with Crippen molar-refractivity contribution in [3.63, 3.8) is 0 Å². The maximum atomic E-state index is 13.7. The third-order valence-electron chi connectivity index (χ3n) is 4.31. The number of benzene rings is 2. The average Bonchev–Trinajstić information content (AvgIpc) is 2.55. The van der Waals surface area contributed by atoms with Crippen LogP contribution in [0.15, 0.2) is 42.5 Å². The Morgan fingerprint density at radius 3 is 2.36 bits per heavy atom. The van der Waals surface area contributed by atoms with Crippen LogP contribution in [0.5, 0.6) is 5.75 Å². The molecule has 28 heavy (non-hydrogen) atoms. The molecule has 0 radical (unpaired) electrons. The van der Waals surface area contributed by atoms with Gasteiger partial charge in [-0.25, -0.2) is 4.39 Å². The number of amides is 1. The first-order chi connectivity index (χ1) is 12.8. The Balaban J connectivity index is 2.41. The van der Waals surface area contributed by atoms with Crippen molar-refractivity contribution in [3.05, 3.63) is 58.9 Å². The molecule has 0 saturated heterocycles. The fourth-order valence-corrected chi connectivity index (χ4v) is 3.09. The second-order valence-electron chi connectivity index (χ2n) is 7.04. The van der Waals surface area contributed by atoms with Gasteiger partial charge in [-0.3, -0.25) is 4.79 Å². The maximum Gasteiger partial charge on any atom is 0.426 e. The van der Waals surface area contributed by atoms with Crippen molar-refractivity contribution in [1.29, 1.82) is 0 Å². The van der Waals surface area contributed by atoms with E-state index in [1.807, 2.05) is 5.32 Å². The number of aliphatic hydroxyl groups is 1. The number of carbonyl (C=O) groups is 1. The van der Waals surface area contributed by atoms with E-state index in [2.05, 4.69) is 0 Å². The van der Waals surface area contributed by atoms with Crippen LogP contribution in [0.4, 0.5) is 23.2 Å². The number of halogens is 5. The van der Waals surface area contributed by atoms with Gasteiger partial charge in [0.15, 0.2) is 0 Å². The fraction of sp³-hybridized carbons (Fsp3) is 0.316. The van der Waals surface area contributed by atoms with Gasteiger partial charge in [-0.05, 0) is 41.8 Å². The van der Waals surface area contributed by atoms with Crippen LogP contribution in [0.1, 0.15) is 25.8 Å². The Bertz CT molecular complexity index is 886. The molecule has 0 bridgehead atoms. The van der Waals surface area contributed by atoms with Crippen LogP contribution in [0.25, 0.3) is 0 Å². The Labute approximate surface area is 163 Å². The second kappa shape index (κ2) is 7.60. The second-order valence-corrected chi connectivity index (χ2v) is 7.48. The van der Waals surface area contributed by atoms with Crippen LogP contribution in [-0.4, -0.2) is 27.9 Å². The topological polar surface area (TPSA) is 69.6 Å². The fourth-order valence-electron chi connectivity index (χ4n) is 2.90. The summed E-state index contributed by atoms with van der Waals surface area (Å²) in [6.45, 7) is 2.51. The highest BCUT2D eigenvalue weighted by Gasteiger charge is 2.61. The van der Waals surface area contributed by atoms with Crippen LogP contribution in [0.2, 0.25) is 5.02 Å². The van der Waals surface area contributed by atoms with Crippen molar-refractivity contribution in [2.45, 2.75) is 37.5 Å². The van der Waals surface area contributed by atoms with Crippen LogP contribution in [-0.2, 0) is 10.2 Å². The molecule has 3 N–H and O–H groups in total. The normalized spacial score (nSPS) is 14.4. The summed E-state index contributed by atoms with van der Waals surface area (Å²) >= 11 is 5.75. The van der Waals surface area contributed by atoms with E-state index in [4.69, 9.17) is 11.6 Å². The van der Waals surface area contributed by atoms with Crippen molar-refractivity contribution in [2.75, 3.05) is 5.32 Å². The van der Waals surface area contributed by atoms with E-state index in [1.54, 1.807) is 0 Å². The SMILES string of the molecule is CC(C)(CC(O)(C(=O)Nc1cccc(Cl)c1)C(F)(F)F)c1cc(F)ccc1O. The highest BCUT2D eigenvalue weighted by atomic mass is 35.5. The van der Waals surface area contributed by atoms with Gasteiger partial charge in [0.05, 0.1) is 0 Å². The lowest BCUT2D eigenvalue weighted by Crippen LogP contribution is -2.57. The predicted octanol–water partition coefficient (Wildman–Crippen LogP) is 4.78. The summed E-state index contributed by atoms with van der Waals surface area (Å²) < 4.78 is 54.6. The van der Waals surface area contributed by atoms with E-state index >= 15 is 0 Å². The number of anilines is 1. The molecule has 0 aromatic heterocycles. The third-order valence-corrected chi connectivity index (χ3v) is 4.55. The molecule has 152 valence electrons. The Morgan fingerprint density at radius 1 is 1.14 bits per heavy atom. The molecule has 4 nitrogen and oxygen atoms in total. The van der Waals surface area contributed by atoms with Gasteiger partial charge in [0.25, 0.3) is 5.91 Å². The molecule has 2 rings (SSSR count). The summed E-state index contributed by atoms with van der Waals surface area (Å²) in [4.78, 5) is 12.4. The minimum atomic E-state index is -5.34. The first-order valence-corrected chi connectivity index (χ1v) is 8.49. The molecule has 0 heterocycles. The summed E-state index contributed by atoms with van der Waals surface area (Å²) in [5, 5.41) is 22.5. The number of hydrogen-bond donors (Lipinski definition) is 3. The van der Waals surface area contributed by atoms with Gasteiger partial charge < -0.3 is 15.5 Å². The van der Waals surface area contributed by atoms with Crippen molar-refractivity contribution in [1.82, 2.24) is 0 Å². The van der Waals surface area contributed by atoms with E-state index in [9.17, 15) is 32.6 Å². The smallest absolute Gasteiger partial charge is 0.426 e. The number of carbonyl (C=O) groups excluding carboxylic acids is 1. The number of aromatic hydroxyl groups is 1. The van der Waals surface area contributed by atoms with Gasteiger partial charge in [-0.1, -0.05) is 31.5 Å². The van der Waals surface area contributed by atoms with Crippen LogP contribution in [0, 0.1) is 5.82 Å². The average molecular weight is 420 g/mol. The summed E-state index contributed by atoms with van der Waals surface area (Å²) in [5.41, 5.74) is -5.63. The minimum absolute atomic E-state index is 0.0356. The van der Waals surface area contributed by atoms with Crippen LogP contribution in [0.3, 0.4) is 0 Å². The van der Waals surface area contributed by atoms with E-state index in [0.717, 1.165) is 18.2 Å². The summed E-state index contributed by atoms with van der Waals surface area (Å²) in [6.07, 6.45) is -6.50. The summed E-state index contributed by atoms with van der Waals surface area (Å²) in [6, 6.07) is 8.20. The van der Waals surface area contributed by atoms with Gasteiger partial charge in [0.2, 0.25) is 5.60 Å². The lowest BCUT2D eigenvalue weighted by molar-refractivity contribution is -0.254. The minimum Gasteiger partial charge on any atom is -0.508 e. The van der Waals surface area contributed by atoms with E-state index in [0.29, 0.717) is 0 Å². The third kappa shape index (κ3) is 4.56. The van der Waals surface area contributed by atoms with Gasteiger partial charge in [-0.2, -0.15) is 13.2 Å². The van der Waals surface area contributed by atoms with E-state index in [-0.39, 0.29) is 16.3 Å². The van der Waals surface area contributed by atoms with Crippen molar-refractivity contribution in [3.8, 4) is 5.75 Å². The molecule has 1 unspecified atom stereocenters. The molecule has 0 spiro atoms. The molecule has 2 aromatic carbocycles. The van der Waals surface area contributed by atoms with Gasteiger partial charge in [0.1, 0.15) is 11.6 Å². The molecule has 1 amide bonds.